The highest BCUT2D eigenvalue weighted by atomic mass is 14.2. The Bertz CT molecular complexity index is 754. The lowest BCUT2D eigenvalue weighted by molar-refractivity contribution is 1.18. The lowest BCUT2D eigenvalue weighted by Gasteiger charge is -2.10. The van der Waals surface area contributed by atoms with Crippen molar-refractivity contribution in [3.63, 3.8) is 0 Å². The Morgan fingerprint density at radius 3 is 2.30 bits per heavy atom. The summed E-state index contributed by atoms with van der Waals surface area (Å²) in [5.41, 5.74) is 8.65. The summed E-state index contributed by atoms with van der Waals surface area (Å²) in [4.78, 5) is 0. The molecule has 0 heterocycles. The van der Waals surface area contributed by atoms with E-state index in [2.05, 4.69) is 72.8 Å². The molecule has 0 amide bonds. The van der Waals surface area contributed by atoms with Gasteiger partial charge in [0.2, 0.25) is 0 Å². The molecule has 0 radical (unpaired) electrons. The number of benzene rings is 3. The summed E-state index contributed by atoms with van der Waals surface area (Å²) in [5, 5.41) is 0. The van der Waals surface area contributed by atoms with Gasteiger partial charge in [-0.25, -0.2) is 0 Å². The minimum atomic E-state index is 1.01. The molecule has 4 rings (SSSR count). The molecule has 0 heteroatoms. The van der Waals surface area contributed by atoms with Gasteiger partial charge in [-0.3, -0.25) is 0 Å². The lowest BCUT2D eigenvalue weighted by Crippen LogP contribution is -1.92. The van der Waals surface area contributed by atoms with Crippen molar-refractivity contribution in [3.8, 4) is 11.1 Å². The maximum Gasteiger partial charge on any atom is -0.00133 e. The molecule has 0 saturated heterocycles. The van der Waals surface area contributed by atoms with Crippen LogP contribution < -0.4 is 0 Å². The fourth-order valence-corrected chi connectivity index (χ4v) is 3.23. The third kappa shape index (κ3) is 1.85. The summed E-state index contributed by atoms with van der Waals surface area (Å²) in [5.74, 6) is 0. The largest absolute Gasteiger partial charge is 0.0622 e. The number of hydrogen-bond acceptors (Lipinski definition) is 0. The molecule has 0 saturated carbocycles. The van der Waals surface area contributed by atoms with Crippen LogP contribution in [0.3, 0.4) is 0 Å². The van der Waals surface area contributed by atoms with Gasteiger partial charge in [-0.05, 0) is 46.2 Å². The lowest BCUT2D eigenvalue weighted by atomic mass is 9.95. The van der Waals surface area contributed by atoms with Gasteiger partial charge in [0, 0.05) is 0 Å². The average molecular weight is 256 g/mol. The Morgan fingerprint density at radius 2 is 1.40 bits per heavy atom. The van der Waals surface area contributed by atoms with Crippen LogP contribution in [-0.4, -0.2) is 0 Å². The number of hydrogen-bond donors (Lipinski definition) is 0. The summed E-state index contributed by atoms with van der Waals surface area (Å²) in [6, 6.07) is 26.3. The molecule has 0 fully saturated rings. The van der Waals surface area contributed by atoms with E-state index in [1.807, 2.05) is 0 Å². The van der Waals surface area contributed by atoms with Crippen LogP contribution in [0, 0.1) is 0 Å². The minimum Gasteiger partial charge on any atom is -0.0622 e. The van der Waals surface area contributed by atoms with Crippen molar-refractivity contribution in [2.24, 2.45) is 0 Å². The molecule has 3 aromatic rings. The molecule has 1 aliphatic rings. The van der Waals surface area contributed by atoms with E-state index in [9.17, 15) is 0 Å². The van der Waals surface area contributed by atoms with Crippen LogP contribution in [0.2, 0.25) is 0 Å². The first-order valence-electron chi connectivity index (χ1n) is 7.15. The van der Waals surface area contributed by atoms with Gasteiger partial charge in [-0.15, -0.1) is 0 Å². The molecular formula is C20H16. The SMILES string of the molecule is c1ccc(Cc2cccc3c2-c2ccccc2C3)cc1. The zero-order chi connectivity index (χ0) is 13.4. The van der Waals surface area contributed by atoms with E-state index < -0.39 is 0 Å². The zero-order valence-electron chi connectivity index (χ0n) is 11.3. The normalized spacial score (nSPS) is 12.0. The Labute approximate surface area is 119 Å². The third-order valence-electron chi connectivity index (χ3n) is 4.14. The molecule has 0 spiro atoms. The highest BCUT2D eigenvalue weighted by molar-refractivity contribution is 5.79. The molecule has 0 N–H and O–H groups in total. The van der Waals surface area contributed by atoms with Crippen LogP contribution in [-0.2, 0) is 12.8 Å². The monoisotopic (exact) mass is 256 g/mol. The topological polar surface area (TPSA) is 0 Å². The van der Waals surface area contributed by atoms with Crippen molar-refractivity contribution < 1.29 is 0 Å². The zero-order valence-corrected chi connectivity index (χ0v) is 11.3. The van der Waals surface area contributed by atoms with Crippen LogP contribution in [0.25, 0.3) is 11.1 Å². The van der Waals surface area contributed by atoms with Crippen LogP contribution in [0.4, 0.5) is 0 Å². The van der Waals surface area contributed by atoms with Gasteiger partial charge in [-0.2, -0.15) is 0 Å². The highest BCUT2D eigenvalue weighted by Gasteiger charge is 2.20. The molecule has 0 aliphatic heterocycles. The summed E-state index contributed by atoms with van der Waals surface area (Å²) in [6.45, 7) is 0. The van der Waals surface area contributed by atoms with Crippen molar-refractivity contribution in [1.29, 1.82) is 0 Å². The first-order valence-corrected chi connectivity index (χ1v) is 7.15. The Kier molecular flexibility index (Phi) is 2.67. The molecule has 0 nitrogen and oxygen atoms in total. The van der Waals surface area contributed by atoms with Crippen molar-refractivity contribution in [2.45, 2.75) is 12.8 Å². The molecule has 3 aromatic carbocycles. The molecule has 20 heavy (non-hydrogen) atoms. The Morgan fingerprint density at radius 1 is 0.650 bits per heavy atom. The first kappa shape index (κ1) is 11.5. The van der Waals surface area contributed by atoms with Crippen LogP contribution >= 0.6 is 0 Å². The van der Waals surface area contributed by atoms with Gasteiger partial charge < -0.3 is 0 Å². The van der Waals surface area contributed by atoms with Crippen molar-refractivity contribution in [1.82, 2.24) is 0 Å². The van der Waals surface area contributed by atoms with Crippen molar-refractivity contribution in [3.05, 3.63) is 95.1 Å². The predicted octanol–water partition coefficient (Wildman–Crippen LogP) is 4.85. The van der Waals surface area contributed by atoms with Gasteiger partial charge in [0.05, 0.1) is 0 Å². The number of fused-ring (bicyclic) bond motifs is 3. The second kappa shape index (κ2) is 4.64. The molecular weight excluding hydrogens is 240 g/mol. The second-order valence-electron chi connectivity index (χ2n) is 5.45. The Balaban J connectivity index is 1.83. The molecule has 96 valence electrons. The van der Waals surface area contributed by atoms with E-state index in [0.717, 1.165) is 12.8 Å². The van der Waals surface area contributed by atoms with Crippen molar-refractivity contribution in [2.75, 3.05) is 0 Å². The average Bonchev–Trinajstić information content (AvgIpc) is 2.88. The maximum atomic E-state index is 2.27. The van der Waals surface area contributed by atoms with Gasteiger partial charge in [0.25, 0.3) is 0 Å². The highest BCUT2D eigenvalue weighted by Crippen LogP contribution is 2.39. The predicted molar refractivity (Wildman–Crippen MR) is 83.9 cm³/mol. The van der Waals surface area contributed by atoms with Gasteiger partial charge >= 0.3 is 0 Å². The van der Waals surface area contributed by atoms with Gasteiger partial charge in [-0.1, -0.05) is 72.8 Å². The first-order chi connectivity index (χ1) is 9.92. The number of rotatable bonds is 2. The van der Waals surface area contributed by atoms with E-state index in [1.54, 1.807) is 0 Å². The Hall–Kier alpha value is -2.34. The second-order valence-corrected chi connectivity index (χ2v) is 5.45. The fourth-order valence-electron chi connectivity index (χ4n) is 3.23. The smallest absolute Gasteiger partial charge is 0.00133 e. The summed E-state index contributed by atoms with van der Waals surface area (Å²) in [6.07, 6.45) is 2.09. The standard InChI is InChI=1S/C20H16/c1-2-7-15(8-3-1)13-17-10-6-11-18-14-16-9-4-5-12-19(16)20(17)18/h1-12H,13-14H2. The van der Waals surface area contributed by atoms with Crippen molar-refractivity contribution >= 4 is 0 Å². The van der Waals surface area contributed by atoms with E-state index in [0.29, 0.717) is 0 Å². The summed E-state index contributed by atoms with van der Waals surface area (Å²) < 4.78 is 0. The third-order valence-corrected chi connectivity index (χ3v) is 4.14. The van der Waals surface area contributed by atoms with Gasteiger partial charge in [0.1, 0.15) is 0 Å². The summed E-state index contributed by atoms with van der Waals surface area (Å²) in [7, 11) is 0. The maximum absolute atomic E-state index is 2.27. The minimum absolute atomic E-state index is 1.01. The molecule has 0 bridgehead atoms. The molecule has 0 atom stereocenters. The molecule has 1 aliphatic carbocycles. The molecule has 0 aromatic heterocycles. The van der Waals surface area contributed by atoms with E-state index in [-0.39, 0.29) is 0 Å². The summed E-state index contributed by atoms with van der Waals surface area (Å²) >= 11 is 0. The van der Waals surface area contributed by atoms with E-state index >= 15 is 0 Å². The van der Waals surface area contributed by atoms with E-state index in [4.69, 9.17) is 0 Å². The van der Waals surface area contributed by atoms with Crippen LogP contribution in [0.5, 0.6) is 0 Å². The van der Waals surface area contributed by atoms with Gasteiger partial charge in [0.15, 0.2) is 0 Å². The van der Waals surface area contributed by atoms with Crippen LogP contribution in [0.15, 0.2) is 72.8 Å². The quantitative estimate of drug-likeness (QED) is 0.481. The van der Waals surface area contributed by atoms with Crippen LogP contribution in [0.1, 0.15) is 22.3 Å². The van der Waals surface area contributed by atoms with E-state index in [1.165, 1.54) is 33.4 Å². The fraction of sp³-hybridized carbons (Fsp3) is 0.100. The molecule has 0 unspecified atom stereocenters.